The SMILES string of the molecule is Cc1ccc(OCc2cc(C(=O)N[C@H]3CCc4ccccc43)no2)cn1. The number of nitrogens with one attached hydrogen (secondary N) is 1. The highest BCUT2D eigenvalue weighted by molar-refractivity contribution is 5.92. The Bertz CT molecular complexity index is 918. The molecule has 26 heavy (non-hydrogen) atoms. The summed E-state index contributed by atoms with van der Waals surface area (Å²) < 4.78 is 10.8. The number of carbonyl (C=O) groups excluding carboxylic acids is 1. The minimum atomic E-state index is -0.237. The molecule has 0 spiro atoms. The molecule has 3 aromatic rings. The first-order valence-electron chi connectivity index (χ1n) is 8.59. The summed E-state index contributed by atoms with van der Waals surface area (Å²) in [6.45, 7) is 2.10. The quantitative estimate of drug-likeness (QED) is 0.764. The van der Waals surface area contributed by atoms with Crippen LogP contribution in [0.4, 0.5) is 0 Å². The van der Waals surface area contributed by atoms with Crippen molar-refractivity contribution in [2.24, 2.45) is 0 Å². The predicted molar refractivity (Wildman–Crippen MR) is 94.8 cm³/mol. The number of nitrogens with zero attached hydrogens (tertiary/aromatic N) is 2. The zero-order valence-corrected chi connectivity index (χ0v) is 14.4. The van der Waals surface area contributed by atoms with Crippen molar-refractivity contribution in [3.63, 3.8) is 0 Å². The van der Waals surface area contributed by atoms with Crippen LogP contribution in [0.25, 0.3) is 0 Å². The van der Waals surface area contributed by atoms with Gasteiger partial charge < -0.3 is 14.6 Å². The summed E-state index contributed by atoms with van der Waals surface area (Å²) in [7, 11) is 0. The van der Waals surface area contributed by atoms with Crippen LogP contribution in [0, 0.1) is 6.92 Å². The molecule has 0 bridgehead atoms. The third kappa shape index (κ3) is 3.44. The van der Waals surface area contributed by atoms with Gasteiger partial charge in [-0.05, 0) is 43.0 Å². The molecule has 0 aliphatic heterocycles. The van der Waals surface area contributed by atoms with Gasteiger partial charge in [-0.3, -0.25) is 9.78 Å². The molecule has 1 N–H and O–H groups in total. The Balaban J connectivity index is 1.37. The predicted octanol–water partition coefficient (Wildman–Crippen LogP) is 3.37. The monoisotopic (exact) mass is 349 g/mol. The number of pyridine rings is 1. The summed E-state index contributed by atoms with van der Waals surface area (Å²) in [6.07, 6.45) is 3.53. The van der Waals surface area contributed by atoms with Crippen molar-refractivity contribution < 1.29 is 14.1 Å². The second-order valence-corrected chi connectivity index (χ2v) is 6.37. The topological polar surface area (TPSA) is 77.2 Å². The minimum absolute atomic E-state index is 0.0220. The van der Waals surface area contributed by atoms with Crippen molar-refractivity contribution in [3.05, 3.63) is 76.9 Å². The van der Waals surface area contributed by atoms with E-state index in [0.29, 0.717) is 11.5 Å². The van der Waals surface area contributed by atoms with E-state index in [2.05, 4.69) is 27.6 Å². The molecular formula is C20H19N3O3. The fourth-order valence-corrected chi connectivity index (χ4v) is 3.12. The molecule has 6 nitrogen and oxygen atoms in total. The van der Waals surface area contributed by atoms with E-state index >= 15 is 0 Å². The smallest absolute Gasteiger partial charge is 0.273 e. The van der Waals surface area contributed by atoms with Crippen molar-refractivity contribution in [2.45, 2.75) is 32.4 Å². The number of benzene rings is 1. The van der Waals surface area contributed by atoms with Gasteiger partial charge in [-0.2, -0.15) is 0 Å². The van der Waals surface area contributed by atoms with Gasteiger partial charge in [0.05, 0.1) is 12.2 Å². The van der Waals surface area contributed by atoms with E-state index in [0.717, 1.165) is 18.5 Å². The minimum Gasteiger partial charge on any atom is -0.484 e. The molecule has 0 unspecified atom stereocenters. The fourth-order valence-electron chi connectivity index (χ4n) is 3.12. The summed E-state index contributed by atoms with van der Waals surface area (Å²) in [6, 6.07) is 13.5. The van der Waals surface area contributed by atoms with Crippen molar-refractivity contribution >= 4 is 5.91 Å². The van der Waals surface area contributed by atoms with Gasteiger partial charge in [-0.15, -0.1) is 0 Å². The molecule has 2 heterocycles. The molecule has 0 radical (unpaired) electrons. The average Bonchev–Trinajstić information content (AvgIpc) is 3.29. The first-order valence-corrected chi connectivity index (χ1v) is 8.59. The number of carbonyl (C=O) groups is 1. The van der Waals surface area contributed by atoms with Gasteiger partial charge in [-0.1, -0.05) is 29.4 Å². The summed E-state index contributed by atoms with van der Waals surface area (Å²) in [5.41, 5.74) is 3.65. The zero-order chi connectivity index (χ0) is 17.9. The van der Waals surface area contributed by atoms with Crippen LogP contribution in [-0.4, -0.2) is 16.0 Å². The fraction of sp³-hybridized carbons (Fsp3) is 0.250. The van der Waals surface area contributed by atoms with Crippen molar-refractivity contribution in [1.29, 1.82) is 0 Å². The van der Waals surface area contributed by atoms with Gasteiger partial charge in [0.25, 0.3) is 5.91 Å². The highest BCUT2D eigenvalue weighted by Crippen LogP contribution is 2.30. The maximum Gasteiger partial charge on any atom is 0.273 e. The van der Waals surface area contributed by atoms with Crippen LogP contribution in [0.1, 0.15) is 45.5 Å². The lowest BCUT2D eigenvalue weighted by molar-refractivity contribution is 0.0927. The summed E-state index contributed by atoms with van der Waals surface area (Å²) >= 11 is 0. The van der Waals surface area contributed by atoms with Gasteiger partial charge in [0.15, 0.2) is 11.5 Å². The number of amides is 1. The Morgan fingerprint density at radius 3 is 3.04 bits per heavy atom. The third-order valence-electron chi connectivity index (χ3n) is 4.50. The number of hydrogen-bond acceptors (Lipinski definition) is 5. The van der Waals surface area contributed by atoms with Crippen LogP contribution < -0.4 is 10.1 Å². The van der Waals surface area contributed by atoms with Gasteiger partial charge in [0, 0.05) is 11.8 Å². The highest BCUT2D eigenvalue weighted by Gasteiger charge is 2.25. The highest BCUT2D eigenvalue weighted by atomic mass is 16.5. The third-order valence-corrected chi connectivity index (χ3v) is 4.50. The van der Waals surface area contributed by atoms with Gasteiger partial charge in [0.1, 0.15) is 12.4 Å². The first-order chi connectivity index (χ1) is 12.7. The normalized spacial score (nSPS) is 15.5. The molecule has 2 aromatic heterocycles. The largest absolute Gasteiger partial charge is 0.484 e. The van der Waals surface area contributed by atoms with Gasteiger partial charge in [-0.25, -0.2) is 0 Å². The van der Waals surface area contributed by atoms with E-state index in [9.17, 15) is 4.79 Å². The Morgan fingerprint density at radius 2 is 2.19 bits per heavy atom. The number of aryl methyl sites for hydroxylation is 2. The first kappa shape index (κ1) is 16.3. The molecule has 1 amide bonds. The van der Waals surface area contributed by atoms with Crippen LogP contribution in [-0.2, 0) is 13.0 Å². The molecule has 1 aliphatic rings. The average molecular weight is 349 g/mol. The summed E-state index contributed by atoms with van der Waals surface area (Å²) in [5.74, 6) is 0.891. The van der Waals surface area contributed by atoms with Gasteiger partial charge >= 0.3 is 0 Å². The molecule has 1 aromatic carbocycles. The van der Waals surface area contributed by atoms with E-state index in [-0.39, 0.29) is 24.2 Å². The Hall–Kier alpha value is -3.15. The van der Waals surface area contributed by atoms with Gasteiger partial charge in [0.2, 0.25) is 0 Å². The van der Waals surface area contributed by atoms with Crippen LogP contribution >= 0.6 is 0 Å². The number of fused-ring (bicyclic) bond motifs is 1. The second kappa shape index (κ2) is 7.00. The molecule has 0 saturated carbocycles. The standard InChI is InChI=1S/C20H19N3O3/c1-13-6-8-15(11-21-13)25-12-16-10-19(23-26-16)20(24)22-18-9-7-14-4-2-3-5-17(14)18/h2-6,8,10-11,18H,7,9,12H2,1H3,(H,22,24)/t18-/m0/s1. The van der Waals surface area contributed by atoms with E-state index < -0.39 is 0 Å². The van der Waals surface area contributed by atoms with Crippen molar-refractivity contribution in [3.8, 4) is 5.75 Å². The van der Waals surface area contributed by atoms with Crippen molar-refractivity contribution in [2.75, 3.05) is 0 Å². The van der Waals surface area contributed by atoms with Crippen LogP contribution in [0.2, 0.25) is 0 Å². The van der Waals surface area contributed by atoms with Crippen LogP contribution in [0.15, 0.2) is 53.2 Å². The molecule has 4 rings (SSSR count). The maximum absolute atomic E-state index is 12.5. The molecular weight excluding hydrogens is 330 g/mol. The number of aromatic nitrogens is 2. The number of hydrogen-bond donors (Lipinski definition) is 1. The van der Waals surface area contributed by atoms with Crippen LogP contribution in [0.3, 0.4) is 0 Å². The second-order valence-electron chi connectivity index (χ2n) is 6.37. The lowest BCUT2D eigenvalue weighted by atomic mass is 10.1. The number of ether oxygens (including phenoxy) is 1. The molecule has 1 aliphatic carbocycles. The van der Waals surface area contributed by atoms with E-state index in [1.54, 1.807) is 12.3 Å². The Kier molecular flexibility index (Phi) is 4.39. The molecule has 1 atom stereocenters. The van der Waals surface area contributed by atoms with Crippen LogP contribution in [0.5, 0.6) is 5.75 Å². The molecule has 6 heteroatoms. The maximum atomic E-state index is 12.5. The van der Waals surface area contributed by atoms with Crippen molar-refractivity contribution in [1.82, 2.24) is 15.5 Å². The lowest BCUT2D eigenvalue weighted by Gasteiger charge is -2.12. The molecule has 0 saturated heterocycles. The zero-order valence-electron chi connectivity index (χ0n) is 14.4. The van der Waals surface area contributed by atoms with E-state index in [4.69, 9.17) is 9.26 Å². The molecule has 0 fully saturated rings. The Morgan fingerprint density at radius 1 is 1.31 bits per heavy atom. The lowest BCUT2D eigenvalue weighted by Crippen LogP contribution is -2.27. The Labute approximate surface area is 151 Å². The summed E-state index contributed by atoms with van der Waals surface area (Å²) in [5, 5.41) is 6.89. The number of rotatable bonds is 5. The molecule has 132 valence electrons. The summed E-state index contributed by atoms with van der Waals surface area (Å²) in [4.78, 5) is 16.6. The van der Waals surface area contributed by atoms with E-state index in [1.807, 2.05) is 31.2 Å². The van der Waals surface area contributed by atoms with E-state index in [1.165, 1.54) is 11.1 Å².